The number of anilines is 1. The van der Waals surface area contributed by atoms with E-state index in [0.717, 1.165) is 33.5 Å². The summed E-state index contributed by atoms with van der Waals surface area (Å²) < 4.78 is 7.92. The number of aryl methyl sites for hydroxylation is 2. The van der Waals surface area contributed by atoms with E-state index in [4.69, 9.17) is 10.5 Å². The molecule has 2 unspecified atom stereocenters. The lowest BCUT2D eigenvalue weighted by Gasteiger charge is -2.18. The molecule has 0 radical (unpaired) electrons. The number of rotatable bonds is 4. The number of aliphatic hydroxyl groups is 1. The van der Waals surface area contributed by atoms with E-state index < -0.39 is 6.10 Å². The summed E-state index contributed by atoms with van der Waals surface area (Å²) in [5, 5.41) is 14.7. The van der Waals surface area contributed by atoms with Crippen LogP contribution in [0.4, 0.5) is 5.82 Å². The highest BCUT2D eigenvalue weighted by atomic mass is 16.5. The number of aliphatic hydroxyl groups excluding tert-OH is 1. The Hall–Kier alpha value is -3.49. The first kappa shape index (κ1) is 19.5. The molecule has 1 saturated heterocycles. The molecule has 1 aliphatic rings. The zero-order chi connectivity index (χ0) is 21.5. The number of β-amino-alcohol motifs (C(OH)–C–C–N with tert-alkyl or cyclic N) is 1. The first-order valence-corrected chi connectivity index (χ1v) is 10.2. The summed E-state index contributed by atoms with van der Waals surface area (Å²) in [6.07, 6.45) is 0.992. The van der Waals surface area contributed by atoms with E-state index in [1.54, 1.807) is 0 Å². The Morgan fingerprint density at radius 2 is 1.94 bits per heavy atom. The van der Waals surface area contributed by atoms with E-state index in [-0.39, 0.29) is 5.92 Å². The smallest absolute Gasteiger partial charge is 0.219 e. The maximum atomic E-state index is 10.6. The molecule has 5 rings (SSSR count). The van der Waals surface area contributed by atoms with Crippen molar-refractivity contribution in [2.75, 3.05) is 18.8 Å². The van der Waals surface area contributed by atoms with E-state index in [2.05, 4.69) is 20.3 Å². The predicted octanol–water partition coefficient (Wildman–Crippen LogP) is 2.76. The largest absolute Gasteiger partial charge is 0.439 e. The molecule has 4 N–H and O–H groups in total. The number of ether oxygens (including phenoxy) is 1. The second-order valence-corrected chi connectivity index (χ2v) is 7.85. The van der Waals surface area contributed by atoms with Crippen molar-refractivity contribution in [3.8, 4) is 22.8 Å². The Morgan fingerprint density at radius 1 is 1.13 bits per heavy atom. The molecule has 0 amide bonds. The Kier molecular flexibility index (Phi) is 4.80. The number of benzene rings is 1. The lowest BCUT2D eigenvalue weighted by atomic mass is 9.93. The van der Waals surface area contributed by atoms with Gasteiger partial charge >= 0.3 is 0 Å². The number of pyridine rings is 1. The lowest BCUT2D eigenvalue weighted by molar-refractivity contribution is 0.175. The van der Waals surface area contributed by atoms with Crippen molar-refractivity contribution in [2.24, 2.45) is 7.05 Å². The minimum absolute atomic E-state index is 0.0685. The van der Waals surface area contributed by atoms with Gasteiger partial charge in [-0.2, -0.15) is 0 Å². The van der Waals surface area contributed by atoms with Gasteiger partial charge < -0.3 is 25.5 Å². The summed E-state index contributed by atoms with van der Waals surface area (Å²) in [5.41, 5.74) is 10.8. The molecular formula is C23H24N6O2. The molecular weight excluding hydrogens is 392 g/mol. The summed E-state index contributed by atoms with van der Waals surface area (Å²) in [4.78, 5) is 13.1. The van der Waals surface area contributed by atoms with Crippen LogP contribution in [0.25, 0.3) is 22.2 Å². The second kappa shape index (κ2) is 7.64. The third kappa shape index (κ3) is 3.39. The van der Waals surface area contributed by atoms with Crippen molar-refractivity contribution in [1.82, 2.24) is 24.8 Å². The van der Waals surface area contributed by atoms with Crippen LogP contribution in [0.2, 0.25) is 0 Å². The van der Waals surface area contributed by atoms with Gasteiger partial charge in [0, 0.05) is 49.1 Å². The molecule has 0 aliphatic carbocycles. The van der Waals surface area contributed by atoms with Crippen LogP contribution >= 0.6 is 0 Å². The van der Waals surface area contributed by atoms with Gasteiger partial charge in [-0.15, -0.1) is 0 Å². The molecule has 31 heavy (non-hydrogen) atoms. The Labute approximate surface area is 179 Å². The molecule has 1 fully saturated rings. The van der Waals surface area contributed by atoms with Gasteiger partial charge in [-0.25, -0.2) is 15.0 Å². The normalized spacial score (nSPS) is 18.5. The molecule has 4 aromatic rings. The molecule has 0 spiro atoms. The zero-order valence-electron chi connectivity index (χ0n) is 17.4. The van der Waals surface area contributed by atoms with Crippen molar-refractivity contribution in [3.05, 3.63) is 60.2 Å². The van der Waals surface area contributed by atoms with Gasteiger partial charge in [0.2, 0.25) is 5.88 Å². The van der Waals surface area contributed by atoms with Crippen molar-refractivity contribution in [1.29, 1.82) is 0 Å². The number of nitrogens with two attached hydrogens (primary N) is 1. The number of hydrogen-bond acceptors (Lipinski definition) is 7. The summed E-state index contributed by atoms with van der Waals surface area (Å²) in [7, 11) is 1.96. The number of aromatic nitrogens is 4. The van der Waals surface area contributed by atoms with Crippen LogP contribution in [0.5, 0.6) is 11.6 Å². The van der Waals surface area contributed by atoms with Crippen LogP contribution in [-0.4, -0.2) is 43.8 Å². The average molecular weight is 416 g/mol. The first-order valence-electron chi connectivity index (χ1n) is 10.2. The predicted molar refractivity (Wildman–Crippen MR) is 119 cm³/mol. The molecule has 0 bridgehead atoms. The fourth-order valence-corrected chi connectivity index (χ4v) is 4.35. The highest BCUT2D eigenvalue weighted by Crippen LogP contribution is 2.41. The molecule has 1 aliphatic heterocycles. The number of nitrogens with one attached hydrogen (secondary N) is 1. The molecule has 158 valence electrons. The highest BCUT2D eigenvalue weighted by Gasteiger charge is 2.33. The minimum Gasteiger partial charge on any atom is -0.439 e. The third-order valence-corrected chi connectivity index (χ3v) is 5.80. The third-order valence-electron chi connectivity index (χ3n) is 5.80. The van der Waals surface area contributed by atoms with Crippen LogP contribution in [0.15, 0.2) is 48.8 Å². The van der Waals surface area contributed by atoms with Crippen LogP contribution < -0.4 is 15.8 Å². The molecule has 1 aromatic carbocycles. The number of fused-ring (bicyclic) bond motifs is 1. The van der Waals surface area contributed by atoms with Gasteiger partial charge in [-0.3, -0.25) is 0 Å². The Morgan fingerprint density at radius 3 is 2.65 bits per heavy atom. The average Bonchev–Trinajstić information content (AvgIpc) is 3.30. The van der Waals surface area contributed by atoms with Crippen molar-refractivity contribution in [3.63, 3.8) is 0 Å². The molecule has 4 heterocycles. The minimum atomic E-state index is -0.481. The van der Waals surface area contributed by atoms with E-state index in [0.29, 0.717) is 30.5 Å². The molecule has 0 saturated carbocycles. The van der Waals surface area contributed by atoms with Gasteiger partial charge in [-0.1, -0.05) is 18.2 Å². The fourth-order valence-electron chi connectivity index (χ4n) is 4.35. The topological polar surface area (TPSA) is 111 Å². The van der Waals surface area contributed by atoms with Gasteiger partial charge in [0.1, 0.15) is 23.5 Å². The first-order chi connectivity index (χ1) is 15.0. The highest BCUT2D eigenvalue weighted by molar-refractivity contribution is 6.02. The summed E-state index contributed by atoms with van der Waals surface area (Å²) in [6, 6.07) is 13.5. The quantitative estimate of drug-likeness (QED) is 0.469. The van der Waals surface area contributed by atoms with Crippen LogP contribution in [0.3, 0.4) is 0 Å². The zero-order valence-corrected chi connectivity index (χ0v) is 17.4. The number of nitrogens with zero attached hydrogens (tertiary/aromatic N) is 4. The fraction of sp³-hybridized carbons (Fsp3) is 0.261. The van der Waals surface area contributed by atoms with Crippen LogP contribution in [0, 0.1) is 6.92 Å². The second-order valence-electron chi connectivity index (χ2n) is 7.85. The van der Waals surface area contributed by atoms with Crippen molar-refractivity contribution < 1.29 is 9.84 Å². The van der Waals surface area contributed by atoms with Gasteiger partial charge in [0.15, 0.2) is 0 Å². The Balaban J connectivity index is 1.61. The molecule has 8 heteroatoms. The SMILES string of the molecule is Cc1cccc(Oc2ccc(-c3c(C4CNCC4O)n(C)c4ncnc(N)c34)cc2)n1. The molecule has 8 nitrogen and oxygen atoms in total. The Bertz CT molecular complexity index is 1250. The maximum absolute atomic E-state index is 10.6. The van der Waals surface area contributed by atoms with Crippen LogP contribution in [0.1, 0.15) is 17.3 Å². The van der Waals surface area contributed by atoms with E-state index in [1.807, 2.05) is 61.0 Å². The van der Waals surface area contributed by atoms with Gasteiger partial charge in [0.05, 0.1) is 11.5 Å². The molecule has 2 atom stereocenters. The number of hydrogen-bond donors (Lipinski definition) is 3. The van der Waals surface area contributed by atoms with E-state index >= 15 is 0 Å². The standard InChI is InChI=1S/C23H24N6O2/c1-13-4-3-5-18(28-13)31-15-8-6-14(7-9-15)19-20-22(24)26-12-27-23(20)29(2)21(19)16-10-25-11-17(16)30/h3-9,12,16-17,25,30H,10-11H2,1-2H3,(H2,24,26,27). The van der Waals surface area contributed by atoms with Crippen LogP contribution in [-0.2, 0) is 7.05 Å². The van der Waals surface area contributed by atoms with E-state index in [9.17, 15) is 5.11 Å². The monoisotopic (exact) mass is 416 g/mol. The summed E-state index contributed by atoms with van der Waals surface area (Å²) in [5.74, 6) is 1.60. The summed E-state index contributed by atoms with van der Waals surface area (Å²) >= 11 is 0. The van der Waals surface area contributed by atoms with Crippen molar-refractivity contribution in [2.45, 2.75) is 18.9 Å². The van der Waals surface area contributed by atoms with E-state index in [1.165, 1.54) is 6.33 Å². The molecule has 3 aromatic heterocycles. The summed E-state index contributed by atoms with van der Waals surface area (Å²) in [6.45, 7) is 3.17. The maximum Gasteiger partial charge on any atom is 0.219 e. The van der Waals surface area contributed by atoms with Crippen molar-refractivity contribution >= 4 is 16.9 Å². The lowest BCUT2D eigenvalue weighted by Crippen LogP contribution is -2.19. The number of nitrogen functional groups attached to an aromatic ring is 1. The van der Waals surface area contributed by atoms with Gasteiger partial charge in [0.25, 0.3) is 0 Å². The van der Waals surface area contributed by atoms with Gasteiger partial charge in [-0.05, 0) is 30.7 Å².